The zero-order valence-electron chi connectivity index (χ0n) is 19.9. The van der Waals surface area contributed by atoms with Gasteiger partial charge in [0.2, 0.25) is 5.91 Å². The first-order valence-corrected chi connectivity index (χ1v) is 14.3. The highest BCUT2D eigenvalue weighted by atomic mass is 32.2. The molecule has 3 rings (SSSR count). The Labute approximate surface area is 203 Å². The minimum atomic E-state index is -3.88. The lowest BCUT2D eigenvalue weighted by atomic mass is 10.0. The molecule has 0 saturated heterocycles. The molecule has 5 nitrogen and oxygen atoms in total. The van der Waals surface area contributed by atoms with Crippen LogP contribution < -0.4 is 9.62 Å². The number of nitrogens with one attached hydrogen (secondary N) is 1. The summed E-state index contributed by atoms with van der Waals surface area (Å²) in [5.41, 5.74) is 2.59. The summed E-state index contributed by atoms with van der Waals surface area (Å²) in [4.78, 5) is 12.9. The van der Waals surface area contributed by atoms with Crippen molar-refractivity contribution in [3.63, 3.8) is 0 Å². The fraction of sp³-hybridized carbons (Fsp3) is 0.500. The van der Waals surface area contributed by atoms with Crippen molar-refractivity contribution in [2.75, 3.05) is 23.1 Å². The largest absolute Gasteiger partial charge is 0.354 e. The molecule has 0 bridgehead atoms. The Bertz CT molecular complexity index is 997. The van der Waals surface area contributed by atoms with Crippen LogP contribution in [0, 0.1) is 6.92 Å². The van der Waals surface area contributed by atoms with Gasteiger partial charge in [0.15, 0.2) is 0 Å². The van der Waals surface area contributed by atoms with Crippen LogP contribution in [0.15, 0.2) is 53.4 Å². The lowest BCUT2D eigenvalue weighted by molar-refractivity contribution is -0.119. The van der Waals surface area contributed by atoms with Gasteiger partial charge < -0.3 is 5.32 Å². The third kappa shape index (κ3) is 7.24. The molecule has 0 radical (unpaired) electrons. The minimum absolute atomic E-state index is 0.182. The van der Waals surface area contributed by atoms with E-state index < -0.39 is 10.0 Å². The monoisotopic (exact) mass is 488 g/mol. The lowest BCUT2D eigenvalue weighted by Crippen LogP contribution is -2.41. The molecule has 1 N–H and O–H groups in total. The first-order valence-electron chi connectivity index (χ1n) is 11.8. The topological polar surface area (TPSA) is 66.5 Å². The van der Waals surface area contributed by atoms with Gasteiger partial charge in [0.25, 0.3) is 10.0 Å². The Morgan fingerprint density at radius 2 is 1.67 bits per heavy atom. The first-order chi connectivity index (χ1) is 15.8. The lowest BCUT2D eigenvalue weighted by Gasteiger charge is -2.25. The van der Waals surface area contributed by atoms with Crippen LogP contribution in [-0.4, -0.2) is 38.4 Å². The molecule has 1 aliphatic carbocycles. The highest BCUT2D eigenvalue weighted by molar-refractivity contribution is 7.99. The SMILES string of the molecule is Cc1ccc(S(=O)(=O)N(CC(=O)NCCSC2CCCCC2)c2ccc(C(C)C)cc2)cc1. The van der Waals surface area contributed by atoms with E-state index in [1.165, 1.54) is 36.4 Å². The third-order valence-corrected chi connectivity index (χ3v) is 9.24. The molecule has 0 aliphatic heterocycles. The Morgan fingerprint density at radius 3 is 2.27 bits per heavy atom. The van der Waals surface area contributed by atoms with E-state index in [2.05, 4.69) is 19.2 Å². The fourth-order valence-corrected chi connectivity index (χ4v) is 6.65. The number of hydrogen-bond acceptors (Lipinski definition) is 4. The molecule has 180 valence electrons. The van der Waals surface area contributed by atoms with Crippen molar-refractivity contribution >= 4 is 33.4 Å². The van der Waals surface area contributed by atoms with Crippen molar-refractivity contribution in [1.29, 1.82) is 0 Å². The van der Waals surface area contributed by atoms with E-state index in [9.17, 15) is 13.2 Å². The summed E-state index contributed by atoms with van der Waals surface area (Å²) >= 11 is 1.92. The van der Waals surface area contributed by atoms with Gasteiger partial charge in [-0.3, -0.25) is 9.10 Å². The second-order valence-corrected chi connectivity index (χ2v) is 12.3. The molecule has 33 heavy (non-hydrogen) atoms. The predicted molar refractivity (Wildman–Crippen MR) is 139 cm³/mol. The van der Waals surface area contributed by atoms with Crippen LogP contribution in [0.25, 0.3) is 0 Å². The van der Waals surface area contributed by atoms with Crippen molar-refractivity contribution in [2.45, 2.75) is 68.9 Å². The highest BCUT2D eigenvalue weighted by Gasteiger charge is 2.27. The average Bonchev–Trinajstić information content (AvgIpc) is 2.81. The van der Waals surface area contributed by atoms with Gasteiger partial charge in [0.1, 0.15) is 6.54 Å². The van der Waals surface area contributed by atoms with E-state index in [0.717, 1.165) is 16.9 Å². The number of sulfonamides is 1. The zero-order valence-corrected chi connectivity index (χ0v) is 21.6. The molecular formula is C26H36N2O3S2. The number of benzene rings is 2. The minimum Gasteiger partial charge on any atom is -0.354 e. The summed E-state index contributed by atoms with van der Waals surface area (Å²) in [5, 5.41) is 3.61. The molecule has 2 aromatic rings. The molecule has 1 fully saturated rings. The Morgan fingerprint density at radius 1 is 1.03 bits per heavy atom. The number of carbonyl (C=O) groups is 1. The molecule has 0 aromatic heterocycles. The van der Waals surface area contributed by atoms with Crippen molar-refractivity contribution in [1.82, 2.24) is 5.32 Å². The number of aryl methyl sites for hydroxylation is 1. The van der Waals surface area contributed by atoms with Crippen LogP contribution >= 0.6 is 11.8 Å². The number of hydrogen-bond donors (Lipinski definition) is 1. The summed E-state index contributed by atoms with van der Waals surface area (Å²) in [6, 6.07) is 14.2. The zero-order chi connectivity index (χ0) is 23.8. The third-order valence-electron chi connectivity index (χ3n) is 6.07. The predicted octanol–water partition coefficient (Wildman–Crippen LogP) is 5.50. The maximum Gasteiger partial charge on any atom is 0.264 e. The number of rotatable bonds is 10. The number of nitrogens with zero attached hydrogens (tertiary/aromatic N) is 1. The van der Waals surface area contributed by atoms with E-state index in [-0.39, 0.29) is 17.3 Å². The van der Waals surface area contributed by atoms with Gasteiger partial charge in [-0.05, 0) is 55.5 Å². The maximum atomic E-state index is 13.5. The fourth-order valence-electron chi connectivity index (χ4n) is 4.01. The van der Waals surface area contributed by atoms with E-state index in [1.54, 1.807) is 36.4 Å². The summed E-state index contributed by atoms with van der Waals surface area (Å²) < 4.78 is 28.2. The molecule has 1 amide bonds. The number of anilines is 1. The molecule has 2 aromatic carbocycles. The van der Waals surface area contributed by atoms with Gasteiger partial charge >= 0.3 is 0 Å². The van der Waals surface area contributed by atoms with Crippen LogP contribution in [-0.2, 0) is 14.8 Å². The quantitative estimate of drug-likeness (QED) is 0.449. The van der Waals surface area contributed by atoms with Gasteiger partial charge in [-0.2, -0.15) is 11.8 Å². The average molecular weight is 489 g/mol. The van der Waals surface area contributed by atoms with Crippen molar-refractivity contribution < 1.29 is 13.2 Å². The molecule has 0 atom stereocenters. The molecular weight excluding hydrogens is 452 g/mol. The molecule has 1 aliphatic rings. The van der Waals surface area contributed by atoms with E-state index in [1.807, 2.05) is 30.8 Å². The van der Waals surface area contributed by atoms with E-state index in [0.29, 0.717) is 23.4 Å². The van der Waals surface area contributed by atoms with Crippen molar-refractivity contribution in [3.8, 4) is 0 Å². The molecule has 0 unspecified atom stereocenters. The van der Waals surface area contributed by atoms with Gasteiger partial charge in [-0.15, -0.1) is 0 Å². The molecule has 7 heteroatoms. The normalized spacial score (nSPS) is 14.9. The van der Waals surface area contributed by atoms with Crippen LogP contribution in [0.4, 0.5) is 5.69 Å². The van der Waals surface area contributed by atoms with Gasteiger partial charge in [0.05, 0.1) is 10.6 Å². The summed E-state index contributed by atoms with van der Waals surface area (Å²) in [6.07, 6.45) is 6.44. The number of amides is 1. The standard InChI is InChI=1S/C26H36N2O3S2/c1-20(2)22-11-13-23(14-12-22)28(33(30,31)25-15-9-21(3)10-16-25)19-26(29)27-17-18-32-24-7-5-4-6-8-24/h9-16,20,24H,4-8,17-19H2,1-3H3,(H,27,29). The Hall–Kier alpha value is -1.99. The van der Waals surface area contributed by atoms with Crippen molar-refractivity contribution in [3.05, 3.63) is 59.7 Å². The van der Waals surface area contributed by atoms with Crippen LogP contribution in [0.5, 0.6) is 0 Å². The number of carbonyl (C=O) groups excluding carboxylic acids is 1. The second-order valence-electron chi connectivity index (χ2n) is 9.05. The second kappa shape index (κ2) is 11.9. The van der Waals surface area contributed by atoms with E-state index in [4.69, 9.17) is 0 Å². The molecule has 1 saturated carbocycles. The van der Waals surface area contributed by atoms with Gasteiger partial charge in [-0.25, -0.2) is 8.42 Å². The highest BCUT2D eigenvalue weighted by Crippen LogP contribution is 2.28. The summed E-state index contributed by atoms with van der Waals surface area (Å²) in [6.45, 7) is 6.40. The molecule has 0 heterocycles. The van der Waals surface area contributed by atoms with E-state index >= 15 is 0 Å². The van der Waals surface area contributed by atoms with Gasteiger partial charge in [0, 0.05) is 17.5 Å². The summed E-state index contributed by atoms with van der Waals surface area (Å²) in [5.74, 6) is 0.901. The van der Waals surface area contributed by atoms with Crippen molar-refractivity contribution in [2.24, 2.45) is 0 Å². The smallest absolute Gasteiger partial charge is 0.264 e. The molecule has 0 spiro atoms. The van der Waals surface area contributed by atoms with Gasteiger partial charge in [-0.1, -0.05) is 62.9 Å². The maximum absolute atomic E-state index is 13.5. The number of thioether (sulfide) groups is 1. The Balaban J connectivity index is 1.71. The summed E-state index contributed by atoms with van der Waals surface area (Å²) in [7, 11) is -3.88. The van der Waals surface area contributed by atoms with Crippen LogP contribution in [0.2, 0.25) is 0 Å². The first kappa shape index (κ1) is 25.6. The van der Waals surface area contributed by atoms with Crippen LogP contribution in [0.3, 0.4) is 0 Å². The Kier molecular flexibility index (Phi) is 9.27. The van der Waals surface area contributed by atoms with Crippen LogP contribution in [0.1, 0.15) is 63.0 Å².